The maximum Gasteiger partial charge on any atom is 0.191 e. The summed E-state index contributed by atoms with van der Waals surface area (Å²) in [5.41, 5.74) is 2.33. The van der Waals surface area contributed by atoms with Gasteiger partial charge in [-0.2, -0.15) is 0 Å². The van der Waals surface area contributed by atoms with E-state index in [4.69, 9.17) is 16.3 Å². The van der Waals surface area contributed by atoms with E-state index in [1.807, 2.05) is 24.4 Å². The van der Waals surface area contributed by atoms with Gasteiger partial charge in [-0.1, -0.05) is 11.6 Å². The zero-order chi connectivity index (χ0) is 16.7. The molecule has 0 aliphatic rings. The molecule has 3 N–H and O–H groups in total. The number of aliphatic imine (C=N–C) groups is 1. The average molecular weight is 337 g/mol. The van der Waals surface area contributed by atoms with Gasteiger partial charge in [0.25, 0.3) is 0 Å². The number of nitrogens with one attached hydrogen (secondary N) is 3. The van der Waals surface area contributed by atoms with E-state index in [0.29, 0.717) is 13.2 Å². The number of hydrogen-bond acceptors (Lipinski definition) is 2. The molecule has 0 spiro atoms. The van der Waals surface area contributed by atoms with Gasteiger partial charge in [-0.15, -0.1) is 0 Å². The van der Waals surface area contributed by atoms with Gasteiger partial charge in [0.15, 0.2) is 5.96 Å². The van der Waals surface area contributed by atoms with Gasteiger partial charge in [0.2, 0.25) is 0 Å². The summed E-state index contributed by atoms with van der Waals surface area (Å²) < 4.78 is 5.14. The number of ether oxygens (including phenoxy) is 1. The number of hydrogen-bond donors (Lipinski definition) is 3. The van der Waals surface area contributed by atoms with Crippen LogP contribution in [0.15, 0.2) is 29.4 Å². The van der Waals surface area contributed by atoms with Crippen LogP contribution in [0.4, 0.5) is 0 Å². The van der Waals surface area contributed by atoms with Crippen molar-refractivity contribution in [3.63, 3.8) is 0 Å². The third kappa shape index (κ3) is 5.15. The molecule has 1 aromatic heterocycles. The molecule has 0 aliphatic carbocycles. The first-order chi connectivity index (χ1) is 11.1. The van der Waals surface area contributed by atoms with Gasteiger partial charge < -0.3 is 20.4 Å². The van der Waals surface area contributed by atoms with Crippen LogP contribution in [0.3, 0.4) is 0 Å². The number of methoxy groups -OCH3 is 1. The summed E-state index contributed by atoms with van der Waals surface area (Å²) in [5.74, 6) is 0.815. The van der Waals surface area contributed by atoms with Crippen molar-refractivity contribution in [2.24, 2.45) is 4.99 Å². The third-order valence-corrected chi connectivity index (χ3v) is 3.76. The molecule has 0 aliphatic heterocycles. The van der Waals surface area contributed by atoms with Crippen LogP contribution in [0, 0.1) is 0 Å². The molecule has 1 aromatic carbocycles. The standard InChI is InChI=1S/C17H25ClN4O/c1-4-19-17(22-12(2)11-23-3)20-8-7-13-10-21-16-6-5-14(18)9-15(13)16/h5-6,9-10,12,21H,4,7-8,11H2,1-3H3,(H2,19,20,22). The lowest BCUT2D eigenvalue weighted by Crippen LogP contribution is -2.44. The maximum absolute atomic E-state index is 6.09. The highest BCUT2D eigenvalue weighted by Gasteiger charge is 2.06. The minimum absolute atomic E-state index is 0.213. The molecule has 0 saturated carbocycles. The Balaban J connectivity index is 2.00. The predicted octanol–water partition coefficient (Wildman–Crippen LogP) is 2.95. The molecule has 0 radical (unpaired) electrons. The van der Waals surface area contributed by atoms with Crippen molar-refractivity contribution in [2.45, 2.75) is 26.3 Å². The molecule has 1 unspecified atom stereocenters. The largest absolute Gasteiger partial charge is 0.383 e. The Morgan fingerprint density at radius 3 is 3.00 bits per heavy atom. The van der Waals surface area contributed by atoms with Crippen molar-refractivity contribution in [3.05, 3.63) is 35.0 Å². The SMILES string of the molecule is CCNC(=NCCc1c[nH]c2ccc(Cl)cc12)NC(C)COC. The number of guanidine groups is 1. The van der Waals surface area contributed by atoms with Crippen molar-refractivity contribution in [2.75, 3.05) is 26.8 Å². The second kappa shape index (κ2) is 8.79. The van der Waals surface area contributed by atoms with E-state index >= 15 is 0 Å². The topological polar surface area (TPSA) is 61.4 Å². The van der Waals surface area contributed by atoms with Crippen LogP contribution in [0.5, 0.6) is 0 Å². The molecule has 2 rings (SSSR count). The van der Waals surface area contributed by atoms with Crippen molar-refractivity contribution < 1.29 is 4.74 Å². The second-order valence-electron chi connectivity index (χ2n) is 5.52. The summed E-state index contributed by atoms with van der Waals surface area (Å²) in [6.45, 7) is 6.30. The number of H-pyrrole nitrogens is 1. The van der Waals surface area contributed by atoms with Gasteiger partial charge in [-0.05, 0) is 44.0 Å². The van der Waals surface area contributed by atoms with E-state index in [2.05, 4.69) is 34.5 Å². The number of rotatable bonds is 7. The Kier molecular flexibility index (Phi) is 6.74. The predicted molar refractivity (Wildman–Crippen MR) is 97.5 cm³/mol. The van der Waals surface area contributed by atoms with Crippen molar-refractivity contribution in [3.8, 4) is 0 Å². The summed E-state index contributed by atoms with van der Waals surface area (Å²) in [7, 11) is 1.70. The van der Waals surface area contributed by atoms with Crippen LogP contribution in [-0.4, -0.2) is 43.8 Å². The number of fused-ring (bicyclic) bond motifs is 1. The fourth-order valence-electron chi connectivity index (χ4n) is 2.49. The lowest BCUT2D eigenvalue weighted by molar-refractivity contribution is 0.179. The van der Waals surface area contributed by atoms with Crippen molar-refractivity contribution in [1.29, 1.82) is 0 Å². The van der Waals surface area contributed by atoms with Gasteiger partial charge in [-0.25, -0.2) is 0 Å². The minimum Gasteiger partial charge on any atom is -0.383 e. The third-order valence-electron chi connectivity index (χ3n) is 3.52. The van der Waals surface area contributed by atoms with E-state index in [0.717, 1.165) is 29.5 Å². The van der Waals surface area contributed by atoms with E-state index in [-0.39, 0.29) is 6.04 Å². The number of benzene rings is 1. The van der Waals surface area contributed by atoms with Crippen LogP contribution >= 0.6 is 11.6 Å². The highest BCUT2D eigenvalue weighted by molar-refractivity contribution is 6.31. The van der Waals surface area contributed by atoms with Crippen LogP contribution in [0.25, 0.3) is 10.9 Å². The van der Waals surface area contributed by atoms with Gasteiger partial charge >= 0.3 is 0 Å². The molecule has 0 amide bonds. The molecule has 0 fully saturated rings. The highest BCUT2D eigenvalue weighted by Crippen LogP contribution is 2.22. The first kappa shape index (κ1) is 17.6. The van der Waals surface area contributed by atoms with E-state index in [1.54, 1.807) is 7.11 Å². The molecule has 5 nitrogen and oxygen atoms in total. The summed E-state index contributed by atoms with van der Waals surface area (Å²) >= 11 is 6.09. The lowest BCUT2D eigenvalue weighted by Gasteiger charge is -2.16. The molecular weight excluding hydrogens is 312 g/mol. The second-order valence-corrected chi connectivity index (χ2v) is 5.95. The number of aromatic nitrogens is 1. The maximum atomic E-state index is 6.09. The molecule has 0 saturated heterocycles. The van der Waals surface area contributed by atoms with E-state index in [9.17, 15) is 0 Å². The number of aromatic amines is 1. The van der Waals surface area contributed by atoms with Gasteiger partial charge in [0.1, 0.15) is 0 Å². The fraction of sp³-hybridized carbons (Fsp3) is 0.471. The molecule has 1 heterocycles. The summed E-state index contributed by atoms with van der Waals surface area (Å²) in [6.07, 6.45) is 2.89. The summed E-state index contributed by atoms with van der Waals surface area (Å²) in [4.78, 5) is 7.90. The van der Waals surface area contributed by atoms with Crippen molar-refractivity contribution >= 4 is 28.5 Å². The van der Waals surface area contributed by atoms with Crippen LogP contribution in [-0.2, 0) is 11.2 Å². The van der Waals surface area contributed by atoms with Gasteiger partial charge in [0.05, 0.1) is 6.61 Å². The Bertz CT molecular complexity index is 653. The van der Waals surface area contributed by atoms with Crippen LogP contribution < -0.4 is 10.6 Å². The summed E-state index contributed by atoms with van der Waals surface area (Å²) in [6, 6.07) is 6.11. The van der Waals surface area contributed by atoms with Gasteiger partial charge in [-0.3, -0.25) is 4.99 Å². The zero-order valence-corrected chi connectivity index (χ0v) is 14.7. The molecule has 6 heteroatoms. The van der Waals surface area contributed by atoms with Crippen molar-refractivity contribution in [1.82, 2.24) is 15.6 Å². The number of nitrogens with zero attached hydrogens (tertiary/aromatic N) is 1. The monoisotopic (exact) mass is 336 g/mol. The Labute approximate surface area is 142 Å². The van der Waals surface area contributed by atoms with Crippen LogP contribution in [0.1, 0.15) is 19.4 Å². The zero-order valence-electron chi connectivity index (χ0n) is 13.9. The fourth-order valence-corrected chi connectivity index (χ4v) is 2.66. The minimum atomic E-state index is 0.213. The summed E-state index contributed by atoms with van der Waals surface area (Å²) in [5, 5.41) is 8.50. The van der Waals surface area contributed by atoms with Gasteiger partial charge in [0, 0.05) is 48.4 Å². The quantitative estimate of drug-likeness (QED) is 0.538. The lowest BCUT2D eigenvalue weighted by atomic mass is 10.1. The number of halogens is 1. The first-order valence-electron chi connectivity index (χ1n) is 7.93. The highest BCUT2D eigenvalue weighted by atomic mass is 35.5. The Hall–Kier alpha value is -1.72. The van der Waals surface area contributed by atoms with E-state index in [1.165, 1.54) is 10.9 Å². The average Bonchev–Trinajstić information content (AvgIpc) is 2.90. The molecule has 126 valence electrons. The first-order valence-corrected chi connectivity index (χ1v) is 8.31. The smallest absolute Gasteiger partial charge is 0.191 e. The molecule has 2 aromatic rings. The molecule has 1 atom stereocenters. The molecule has 0 bridgehead atoms. The normalized spacial score (nSPS) is 13.3. The molecule has 23 heavy (non-hydrogen) atoms. The molecular formula is C17H25ClN4O. The van der Waals surface area contributed by atoms with E-state index < -0.39 is 0 Å². The Morgan fingerprint density at radius 2 is 2.26 bits per heavy atom. The Morgan fingerprint density at radius 1 is 1.43 bits per heavy atom. The van der Waals surface area contributed by atoms with Crippen LogP contribution in [0.2, 0.25) is 5.02 Å².